The minimum Gasteiger partial charge on any atom is -0.496 e. The fourth-order valence-electron chi connectivity index (χ4n) is 5.20. The third-order valence-corrected chi connectivity index (χ3v) is 7.17. The average molecular weight is 450 g/mol. The third kappa shape index (κ3) is 5.47. The normalized spacial score (nSPS) is 23.1. The van der Waals surface area contributed by atoms with E-state index in [1.165, 1.54) is 0 Å². The first-order valence-electron chi connectivity index (χ1n) is 11.5. The molecule has 0 saturated carbocycles. The van der Waals surface area contributed by atoms with E-state index >= 15 is 0 Å². The maximum atomic E-state index is 12.3. The number of nitrogens with zero attached hydrogens (tertiary/aromatic N) is 2. The monoisotopic (exact) mass is 449 g/mol. The number of benzene rings is 1. The first-order chi connectivity index (χ1) is 15.5. The molecule has 0 bridgehead atoms. The minimum absolute atomic E-state index is 0.183. The molecule has 32 heavy (non-hydrogen) atoms. The number of amides is 1. The van der Waals surface area contributed by atoms with E-state index in [1.807, 2.05) is 12.1 Å². The summed E-state index contributed by atoms with van der Waals surface area (Å²) < 4.78 is 21.7. The molecule has 1 atom stereocenters. The molecule has 0 aliphatic carbocycles. The van der Waals surface area contributed by atoms with Gasteiger partial charge in [0.15, 0.2) is 11.5 Å². The number of primary amides is 1. The number of rotatable bonds is 10. The Labute approximate surface area is 191 Å². The second-order valence-electron chi connectivity index (χ2n) is 8.99. The maximum absolute atomic E-state index is 12.3. The molecule has 1 amide bonds. The number of ether oxygens (including phenoxy) is 4. The van der Waals surface area contributed by atoms with E-state index in [4.69, 9.17) is 24.7 Å². The van der Waals surface area contributed by atoms with Crippen LogP contribution in [0.4, 0.5) is 0 Å². The molecule has 180 valence electrons. The summed E-state index contributed by atoms with van der Waals surface area (Å²) in [6.45, 7) is 5.16. The molecule has 3 rings (SSSR count). The van der Waals surface area contributed by atoms with E-state index in [0.717, 1.165) is 69.7 Å². The van der Waals surface area contributed by atoms with Gasteiger partial charge in [-0.15, -0.1) is 0 Å². The predicted octanol–water partition coefficient (Wildman–Crippen LogP) is 2.28. The Kier molecular flexibility index (Phi) is 8.62. The van der Waals surface area contributed by atoms with Crippen LogP contribution >= 0.6 is 0 Å². The molecule has 2 saturated heterocycles. The fourth-order valence-corrected chi connectivity index (χ4v) is 5.20. The Morgan fingerprint density at radius 1 is 1.03 bits per heavy atom. The molecule has 1 unspecified atom stereocenters. The lowest BCUT2D eigenvalue weighted by atomic mass is 9.76. The molecule has 2 aliphatic heterocycles. The summed E-state index contributed by atoms with van der Waals surface area (Å²) in [4.78, 5) is 17.3. The zero-order valence-corrected chi connectivity index (χ0v) is 20.0. The summed E-state index contributed by atoms with van der Waals surface area (Å²) in [7, 11) is 6.64. The van der Waals surface area contributed by atoms with Gasteiger partial charge in [-0.3, -0.25) is 14.6 Å². The van der Waals surface area contributed by atoms with Crippen LogP contribution in [0.15, 0.2) is 12.1 Å². The number of methoxy groups -OCH3 is 4. The summed E-state index contributed by atoms with van der Waals surface area (Å²) in [6.07, 6.45) is 4.73. The van der Waals surface area contributed by atoms with Gasteiger partial charge in [0.05, 0.1) is 26.7 Å². The zero-order valence-electron chi connectivity index (χ0n) is 20.0. The van der Waals surface area contributed by atoms with E-state index < -0.39 is 5.41 Å². The number of likely N-dealkylation sites (tertiary alicyclic amines) is 2. The van der Waals surface area contributed by atoms with Crippen molar-refractivity contribution in [1.82, 2.24) is 9.80 Å². The van der Waals surface area contributed by atoms with Gasteiger partial charge in [0.25, 0.3) is 0 Å². The van der Waals surface area contributed by atoms with Crippen LogP contribution in [0.5, 0.6) is 17.2 Å². The van der Waals surface area contributed by atoms with Crippen molar-refractivity contribution in [3.8, 4) is 17.2 Å². The van der Waals surface area contributed by atoms with Crippen molar-refractivity contribution in [3.63, 3.8) is 0 Å². The molecule has 8 nitrogen and oxygen atoms in total. The number of carbonyl (C=O) groups is 1. The number of hydrogen-bond acceptors (Lipinski definition) is 7. The van der Waals surface area contributed by atoms with Crippen LogP contribution < -0.4 is 19.9 Å². The number of piperidine rings is 2. The predicted molar refractivity (Wildman–Crippen MR) is 123 cm³/mol. The van der Waals surface area contributed by atoms with E-state index in [2.05, 4.69) is 9.80 Å². The van der Waals surface area contributed by atoms with Crippen molar-refractivity contribution < 1.29 is 23.7 Å². The standard InChI is InChI=1S/C24H39N3O5/c1-29-13-9-24(23(25)28)8-5-10-27(17-24)19-6-11-26(12-7-19)16-18-14-21(31-3)22(32-4)15-20(18)30-2/h14-15,19H,5-13,16-17H2,1-4H3,(H2,25,28). The molecule has 1 aromatic carbocycles. The molecule has 0 radical (unpaired) electrons. The largest absolute Gasteiger partial charge is 0.496 e. The van der Waals surface area contributed by atoms with Gasteiger partial charge in [-0.2, -0.15) is 0 Å². The highest BCUT2D eigenvalue weighted by Gasteiger charge is 2.42. The van der Waals surface area contributed by atoms with E-state index in [0.29, 0.717) is 30.6 Å². The number of hydrogen-bond donors (Lipinski definition) is 1. The van der Waals surface area contributed by atoms with E-state index in [9.17, 15) is 4.79 Å². The molecule has 0 aromatic heterocycles. The molecular weight excluding hydrogens is 410 g/mol. The van der Waals surface area contributed by atoms with Crippen molar-refractivity contribution >= 4 is 5.91 Å². The molecule has 0 spiro atoms. The average Bonchev–Trinajstić information content (AvgIpc) is 2.83. The molecule has 2 N–H and O–H groups in total. The van der Waals surface area contributed by atoms with Crippen LogP contribution in [-0.4, -0.2) is 83.0 Å². The summed E-state index contributed by atoms with van der Waals surface area (Å²) >= 11 is 0. The van der Waals surface area contributed by atoms with Gasteiger partial charge in [-0.05, 0) is 57.8 Å². The highest BCUT2D eigenvalue weighted by atomic mass is 16.5. The Morgan fingerprint density at radius 2 is 1.69 bits per heavy atom. The van der Waals surface area contributed by atoms with Crippen molar-refractivity contribution in [3.05, 3.63) is 17.7 Å². The quantitative estimate of drug-likeness (QED) is 0.586. The lowest BCUT2D eigenvalue weighted by Crippen LogP contribution is -2.55. The van der Waals surface area contributed by atoms with Crippen LogP contribution in [0.3, 0.4) is 0 Å². The number of nitrogens with two attached hydrogens (primary N) is 1. The summed E-state index contributed by atoms with van der Waals surface area (Å²) in [5.74, 6) is 2.01. The Hall–Kier alpha value is -2.03. The lowest BCUT2D eigenvalue weighted by molar-refractivity contribution is -0.133. The smallest absolute Gasteiger partial charge is 0.225 e. The van der Waals surface area contributed by atoms with Gasteiger partial charge >= 0.3 is 0 Å². The maximum Gasteiger partial charge on any atom is 0.225 e. The van der Waals surface area contributed by atoms with Gasteiger partial charge in [-0.25, -0.2) is 0 Å². The molecule has 2 fully saturated rings. The minimum atomic E-state index is -0.460. The second-order valence-corrected chi connectivity index (χ2v) is 8.99. The van der Waals surface area contributed by atoms with Crippen molar-refractivity contribution in [2.75, 3.05) is 61.2 Å². The van der Waals surface area contributed by atoms with Crippen LogP contribution in [0, 0.1) is 5.41 Å². The van der Waals surface area contributed by atoms with Crippen LogP contribution in [0.1, 0.15) is 37.7 Å². The summed E-state index contributed by atoms with van der Waals surface area (Å²) in [5.41, 5.74) is 6.49. The van der Waals surface area contributed by atoms with Gasteiger partial charge in [0, 0.05) is 44.5 Å². The van der Waals surface area contributed by atoms with E-state index in [1.54, 1.807) is 28.4 Å². The summed E-state index contributed by atoms with van der Waals surface area (Å²) in [5, 5.41) is 0. The lowest BCUT2D eigenvalue weighted by Gasteiger charge is -2.46. The van der Waals surface area contributed by atoms with E-state index in [-0.39, 0.29) is 5.91 Å². The highest BCUT2D eigenvalue weighted by molar-refractivity contribution is 5.81. The van der Waals surface area contributed by atoms with Gasteiger partial charge in [-0.1, -0.05) is 0 Å². The van der Waals surface area contributed by atoms with Crippen LogP contribution in [0.2, 0.25) is 0 Å². The molecule has 8 heteroatoms. The summed E-state index contributed by atoms with van der Waals surface area (Å²) in [6, 6.07) is 4.38. The molecule has 1 aromatic rings. The van der Waals surface area contributed by atoms with Gasteiger partial charge in [0.1, 0.15) is 5.75 Å². The van der Waals surface area contributed by atoms with Gasteiger partial charge in [0.2, 0.25) is 5.91 Å². The second kappa shape index (κ2) is 11.2. The highest BCUT2D eigenvalue weighted by Crippen LogP contribution is 2.37. The van der Waals surface area contributed by atoms with Crippen LogP contribution in [-0.2, 0) is 16.1 Å². The van der Waals surface area contributed by atoms with Crippen LogP contribution in [0.25, 0.3) is 0 Å². The van der Waals surface area contributed by atoms with Crippen molar-refractivity contribution in [1.29, 1.82) is 0 Å². The van der Waals surface area contributed by atoms with Crippen molar-refractivity contribution in [2.24, 2.45) is 11.1 Å². The molecule has 2 aliphatic rings. The zero-order chi connectivity index (χ0) is 23.1. The number of carbonyl (C=O) groups excluding carboxylic acids is 1. The SMILES string of the molecule is COCCC1(C(N)=O)CCCN(C2CCN(Cc3cc(OC)c(OC)cc3OC)CC2)C1. The van der Waals surface area contributed by atoms with Gasteiger partial charge < -0.3 is 24.7 Å². The first kappa shape index (κ1) is 24.6. The van der Waals surface area contributed by atoms with Crippen molar-refractivity contribution in [2.45, 2.75) is 44.7 Å². The first-order valence-corrected chi connectivity index (χ1v) is 11.5. The third-order valence-electron chi connectivity index (χ3n) is 7.17. The molecule has 2 heterocycles. The molecular formula is C24H39N3O5. The Morgan fingerprint density at radius 3 is 2.28 bits per heavy atom. The Bertz CT molecular complexity index is 766. The Balaban J connectivity index is 1.61. The fraction of sp³-hybridized carbons (Fsp3) is 0.708. The topological polar surface area (TPSA) is 86.5 Å².